The second kappa shape index (κ2) is 11.2. The van der Waals surface area contributed by atoms with E-state index in [1.165, 1.54) is 5.56 Å². The van der Waals surface area contributed by atoms with E-state index in [1.54, 1.807) is 12.1 Å². The van der Waals surface area contributed by atoms with E-state index in [1.807, 2.05) is 106 Å². The third-order valence-electron chi connectivity index (χ3n) is 6.95. The van der Waals surface area contributed by atoms with Gasteiger partial charge in [-0.1, -0.05) is 45.0 Å². The fourth-order valence-corrected chi connectivity index (χ4v) is 4.85. The molecular weight excluding hydrogens is 512 g/mol. The van der Waals surface area contributed by atoms with Crippen LogP contribution in [0.5, 0.6) is 17.2 Å². The van der Waals surface area contributed by atoms with Crippen LogP contribution in [0.25, 0.3) is 0 Å². The van der Waals surface area contributed by atoms with E-state index in [2.05, 4.69) is 20.8 Å². The van der Waals surface area contributed by atoms with Crippen molar-refractivity contribution in [3.63, 3.8) is 0 Å². The molecule has 1 heterocycles. The summed E-state index contributed by atoms with van der Waals surface area (Å²) in [6, 6.07) is 30.6. The van der Waals surface area contributed by atoms with E-state index in [9.17, 15) is 4.79 Å². The molecular formula is C36H38O5. The number of benzene rings is 4. The molecule has 0 amide bonds. The molecule has 1 saturated heterocycles. The summed E-state index contributed by atoms with van der Waals surface area (Å²) in [4.78, 5) is 13.0. The van der Waals surface area contributed by atoms with Gasteiger partial charge in [-0.05, 0) is 105 Å². The lowest BCUT2D eigenvalue weighted by atomic mass is 9.86. The van der Waals surface area contributed by atoms with Gasteiger partial charge in [-0.15, -0.1) is 0 Å². The van der Waals surface area contributed by atoms with Gasteiger partial charge in [-0.3, -0.25) is 4.79 Å². The van der Waals surface area contributed by atoms with E-state index in [0.717, 1.165) is 16.9 Å². The Hall–Kier alpha value is -3.93. The fraction of sp³-hybridized carbons (Fsp3) is 0.306. The molecule has 0 saturated carbocycles. The largest absolute Gasteiger partial charge is 0.488 e. The number of ether oxygens (including phenoxy) is 4. The fourth-order valence-electron chi connectivity index (χ4n) is 4.85. The van der Waals surface area contributed by atoms with Crippen molar-refractivity contribution in [2.75, 3.05) is 13.2 Å². The molecule has 0 spiro atoms. The van der Waals surface area contributed by atoms with Gasteiger partial charge in [0.2, 0.25) is 5.79 Å². The molecule has 5 nitrogen and oxygen atoms in total. The standard InChI is InChI=1S/C36H38O5/c1-34(2,3)27-11-7-25(8-12-27)33(37)26-9-17-30(18-10-26)40-31-19-13-28(14-20-31)36(38-23-24-39-36)29-15-21-32(22-16-29)41-35(4,5)6/h7-22H,23-24H2,1-6H3. The molecule has 5 rings (SSSR count). The summed E-state index contributed by atoms with van der Waals surface area (Å²) in [5.74, 6) is 1.12. The maximum Gasteiger partial charge on any atom is 0.222 e. The maximum absolute atomic E-state index is 13.0. The van der Waals surface area contributed by atoms with Gasteiger partial charge in [0.15, 0.2) is 5.78 Å². The minimum atomic E-state index is -0.980. The topological polar surface area (TPSA) is 54.0 Å². The summed E-state index contributed by atoms with van der Waals surface area (Å²) in [5, 5.41) is 0. The first-order valence-electron chi connectivity index (χ1n) is 14.0. The summed E-state index contributed by atoms with van der Waals surface area (Å²) in [5.41, 5.74) is 4.04. The predicted molar refractivity (Wildman–Crippen MR) is 161 cm³/mol. The van der Waals surface area contributed by atoms with Crippen LogP contribution in [0.15, 0.2) is 97.1 Å². The molecule has 212 valence electrons. The van der Waals surface area contributed by atoms with E-state index in [0.29, 0.717) is 35.8 Å². The van der Waals surface area contributed by atoms with Crippen LogP contribution in [0.4, 0.5) is 0 Å². The van der Waals surface area contributed by atoms with Gasteiger partial charge in [0.1, 0.15) is 22.8 Å². The van der Waals surface area contributed by atoms with E-state index < -0.39 is 5.79 Å². The highest BCUT2D eigenvalue weighted by Gasteiger charge is 2.40. The Morgan fingerprint density at radius 2 is 1.02 bits per heavy atom. The van der Waals surface area contributed by atoms with Crippen LogP contribution in [0.1, 0.15) is 74.2 Å². The highest BCUT2D eigenvalue weighted by atomic mass is 16.7. The molecule has 1 fully saturated rings. The third-order valence-corrected chi connectivity index (χ3v) is 6.95. The van der Waals surface area contributed by atoms with Crippen LogP contribution >= 0.6 is 0 Å². The molecule has 4 aromatic rings. The van der Waals surface area contributed by atoms with Gasteiger partial charge in [-0.2, -0.15) is 0 Å². The van der Waals surface area contributed by atoms with Crippen LogP contribution in [-0.4, -0.2) is 24.6 Å². The Bertz CT molecular complexity index is 1470. The molecule has 0 radical (unpaired) electrons. The van der Waals surface area contributed by atoms with Crippen molar-refractivity contribution in [3.05, 3.63) is 125 Å². The van der Waals surface area contributed by atoms with Gasteiger partial charge in [0.25, 0.3) is 0 Å². The van der Waals surface area contributed by atoms with E-state index in [-0.39, 0.29) is 16.8 Å². The quantitative estimate of drug-likeness (QED) is 0.216. The average molecular weight is 551 g/mol. The number of rotatable bonds is 7. The lowest BCUT2D eigenvalue weighted by molar-refractivity contribution is -0.129. The lowest BCUT2D eigenvalue weighted by Gasteiger charge is -2.29. The molecule has 5 heteroatoms. The van der Waals surface area contributed by atoms with Crippen molar-refractivity contribution in [2.24, 2.45) is 0 Å². The van der Waals surface area contributed by atoms with Gasteiger partial charge < -0.3 is 18.9 Å². The van der Waals surface area contributed by atoms with Crippen molar-refractivity contribution in [2.45, 2.75) is 58.3 Å². The molecule has 0 atom stereocenters. The van der Waals surface area contributed by atoms with Crippen LogP contribution in [0, 0.1) is 0 Å². The van der Waals surface area contributed by atoms with Crippen LogP contribution < -0.4 is 9.47 Å². The smallest absolute Gasteiger partial charge is 0.222 e. The summed E-state index contributed by atoms with van der Waals surface area (Å²) in [6.45, 7) is 13.6. The molecule has 41 heavy (non-hydrogen) atoms. The van der Waals surface area contributed by atoms with Crippen molar-refractivity contribution < 1.29 is 23.7 Å². The lowest BCUT2D eigenvalue weighted by Crippen LogP contribution is -2.28. The predicted octanol–water partition coefficient (Wildman–Crippen LogP) is 8.43. The van der Waals surface area contributed by atoms with E-state index >= 15 is 0 Å². The van der Waals surface area contributed by atoms with Gasteiger partial charge in [0.05, 0.1) is 13.2 Å². The Morgan fingerprint density at radius 3 is 1.46 bits per heavy atom. The van der Waals surface area contributed by atoms with Gasteiger partial charge in [-0.25, -0.2) is 0 Å². The number of hydrogen-bond acceptors (Lipinski definition) is 5. The van der Waals surface area contributed by atoms with Crippen molar-refractivity contribution in [1.29, 1.82) is 0 Å². The highest BCUT2D eigenvalue weighted by Crippen LogP contribution is 2.40. The molecule has 1 aliphatic heterocycles. The first-order chi connectivity index (χ1) is 19.4. The number of ketones is 1. The minimum Gasteiger partial charge on any atom is -0.488 e. The molecule has 0 bridgehead atoms. The van der Waals surface area contributed by atoms with Crippen molar-refractivity contribution in [1.82, 2.24) is 0 Å². The molecule has 0 aromatic heterocycles. The zero-order valence-corrected chi connectivity index (χ0v) is 24.7. The zero-order chi connectivity index (χ0) is 29.3. The molecule has 4 aromatic carbocycles. The summed E-state index contributed by atoms with van der Waals surface area (Å²) >= 11 is 0. The number of hydrogen-bond donors (Lipinski definition) is 0. The van der Waals surface area contributed by atoms with Crippen molar-refractivity contribution in [3.8, 4) is 17.2 Å². The van der Waals surface area contributed by atoms with Gasteiger partial charge >= 0.3 is 0 Å². The molecule has 0 unspecified atom stereocenters. The van der Waals surface area contributed by atoms with Crippen molar-refractivity contribution >= 4 is 5.78 Å². The Morgan fingerprint density at radius 1 is 0.610 bits per heavy atom. The second-order valence-electron chi connectivity index (χ2n) is 12.4. The Balaban J connectivity index is 1.28. The minimum absolute atomic E-state index is 0.0128. The SMILES string of the molecule is CC(C)(C)Oc1ccc(C2(c3ccc(Oc4ccc(C(=O)c5ccc(C(C)(C)C)cc5)cc4)cc3)OCCO2)cc1. The van der Waals surface area contributed by atoms with Crippen LogP contribution in [0.3, 0.4) is 0 Å². The zero-order valence-electron chi connectivity index (χ0n) is 24.7. The molecule has 1 aliphatic rings. The molecule has 0 N–H and O–H groups in total. The summed E-state index contributed by atoms with van der Waals surface area (Å²) < 4.78 is 24.4. The first-order valence-corrected chi connectivity index (χ1v) is 14.0. The number of carbonyl (C=O) groups excluding carboxylic acids is 1. The monoisotopic (exact) mass is 550 g/mol. The average Bonchev–Trinajstić information content (AvgIpc) is 3.44. The van der Waals surface area contributed by atoms with Crippen LogP contribution in [0.2, 0.25) is 0 Å². The first kappa shape index (κ1) is 28.6. The second-order valence-corrected chi connectivity index (χ2v) is 12.4. The molecule has 0 aliphatic carbocycles. The Kier molecular flexibility index (Phi) is 7.78. The Labute approximate surface area is 243 Å². The van der Waals surface area contributed by atoms with Crippen LogP contribution in [-0.2, 0) is 20.7 Å². The highest BCUT2D eigenvalue weighted by molar-refractivity contribution is 6.09. The normalized spacial score (nSPS) is 15.0. The van der Waals surface area contributed by atoms with E-state index in [4.69, 9.17) is 18.9 Å². The summed E-state index contributed by atoms with van der Waals surface area (Å²) in [6.07, 6.45) is 0. The van der Waals surface area contributed by atoms with Gasteiger partial charge in [0, 0.05) is 22.3 Å². The summed E-state index contributed by atoms with van der Waals surface area (Å²) in [7, 11) is 0. The third kappa shape index (κ3) is 6.53. The maximum atomic E-state index is 13.0. The number of carbonyl (C=O) groups is 1.